The molecule has 512 valence electrons. The summed E-state index contributed by atoms with van der Waals surface area (Å²) < 4.78 is 5.91. The molecule has 0 radical (unpaired) electrons. The molecule has 11 atom stereocenters. The maximum absolute atomic E-state index is 15.0. The molecule has 0 aliphatic carbocycles. The van der Waals surface area contributed by atoms with Gasteiger partial charge in [-0.3, -0.25) is 52.7 Å². The number of ether oxygens (including phenoxy) is 1. The number of nitrogens with one attached hydrogen (secondary N) is 10. The van der Waals surface area contributed by atoms with E-state index in [-0.39, 0.29) is 55.9 Å². The number of benzene rings is 4. The van der Waals surface area contributed by atoms with E-state index in [4.69, 9.17) is 10.5 Å². The van der Waals surface area contributed by atoms with E-state index in [9.17, 15) is 72.9 Å². The number of amides is 11. The van der Waals surface area contributed by atoms with Crippen LogP contribution in [0.4, 0.5) is 0 Å². The number of aryl methyl sites for hydroxylation is 1. The number of esters is 1. The lowest BCUT2D eigenvalue weighted by molar-refractivity contribution is -0.156. The number of aromatic nitrogens is 1. The number of nitrogens with two attached hydrogens (primary N) is 1. The summed E-state index contributed by atoms with van der Waals surface area (Å²) in [5.41, 5.74) is 8.63. The fourth-order valence-corrected chi connectivity index (χ4v) is 11.2. The number of aliphatic hydroxyl groups is 2. The number of aromatic hydroxyl groups is 1. The maximum atomic E-state index is 15.0. The van der Waals surface area contributed by atoms with Gasteiger partial charge in [-0.05, 0) is 97.0 Å². The van der Waals surface area contributed by atoms with Crippen LogP contribution in [0.1, 0.15) is 94.2 Å². The first-order chi connectivity index (χ1) is 45.7. The molecule has 3 heterocycles. The Balaban J connectivity index is 1.30. The van der Waals surface area contributed by atoms with Crippen molar-refractivity contribution in [2.75, 3.05) is 19.7 Å². The van der Waals surface area contributed by atoms with Crippen LogP contribution in [0.2, 0.25) is 0 Å². The van der Waals surface area contributed by atoms with Gasteiger partial charge in [0.15, 0.2) is 0 Å². The molecule has 2 saturated heterocycles. The van der Waals surface area contributed by atoms with Gasteiger partial charge in [-0.15, -0.1) is 0 Å². The molecule has 0 bridgehead atoms. The predicted molar refractivity (Wildman–Crippen MR) is 349 cm³/mol. The van der Waals surface area contributed by atoms with Gasteiger partial charge in [-0.1, -0.05) is 113 Å². The van der Waals surface area contributed by atoms with Crippen molar-refractivity contribution in [3.8, 4) is 5.75 Å². The van der Waals surface area contributed by atoms with Gasteiger partial charge in [-0.2, -0.15) is 0 Å². The molecule has 15 N–H and O–H groups in total. The van der Waals surface area contributed by atoms with Crippen LogP contribution in [-0.2, 0) is 75.1 Å². The number of nitrogens with zero attached hydrogens (tertiary/aromatic N) is 1. The zero-order chi connectivity index (χ0) is 69.9. The molecule has 2 aliphatic rings. The predicted octanol–water partition coefficient (Wildman–Crippen LogP) is -0.0852. The number of para-hydroxylation sites is 1. The minimum Gasteiger partial charge on any atom is -0.508 e. The van der Waals surface area contributed by atoms with E-state index in [0.29, 0.717) is 27.6 Å². The molecule has 5 aromatic rings. The topological polar surface area (TPSA) is 428 Å². The zero-order valence-corrected chi connectivity index (χ0v) is 54.1. The summed E-state index contributed by atoms with van der Waals surface area (Å²) in [6, 6.07) is 12.1. The maximum Gasteiger partial charge on any atom is 0.329 e. The monoisotopic (exact) mass is 1320 g/mol. The lowest BCUT2D eigenvalue weighted by Gasteiger charge is -2.33. The first kappa shape index (κ1) is 72.9. The molecule has 2 aliphatic heterocycles. The Hall–Kier alpha value is -10.5. The van der Waals surface area contributed by atoms with Crippen LogP contribution in [0.25, 0.3) is 17.0 Å². The Morgan fingerprint density at radius 2 is 1.30 bits per heavy atom. The first-order valence-corrected chi connectivity index (χ1v) is 31.6. The highest BCUT2D eigenvalue weighted by molar-refractivity contribution is 6.01. The number of hydrogen-bond donors (Lipinski definition) is 14. The van der Waals surface area contributed by atoms with E-state index in [0.717, 1.165) is 16.5 Å². The van der Waals surface area contributed by atoms with Gasteiger partial charge < -0.3 is 83.5 Å². The molecule has 2 fully saturated rings. The van der Waals surface area contributed by atoms with E-state index in [1.54, 1.807) is 108 Å². The molecule has 0 unspecified atom stereocenters. The van der Waals surface area contributed by atoms with Gasteiger partial charge in [0.2, 0.25) is 65.0 Å². The molecule has 7 rings (SSSR count). The number of hydrogen-bond acceptors (Lipinski definition) is 16. The van der Waals surface area contributed by atoms with Crippen LogP contribution < -0.4 is 53.6 Å². The number of carbonyl (C=O) groups excluding carboxylic acids is 12. The van der Waals surface area contributed by atoms with Crippen molar-refractivity contribution in [2.45, 2.75) is 147 Å². The second-order valence-corrected chi connectivity index (χ2v) is 24.6. The number of H-pyrrole nitrogens is 1. The zero-order valence-electron chi connectivity index (χ0n) is 54.1. The third kappa shape index (κ3) is 20.0. The molecule has 1 aromatic heterocycles. The fraction of sp³-hybridized carbons (Fsp3) is 0.412. The molecule has 28 nitrogen and oxygen atoms in total. The van der Waals surface area contributed by atoms with Crippen LogP contribution in [0, 0.1) is 18.8 Å². The van der Waals surface area contributed by atoms with Crippen molar-refractivity contribution in [3.63, 3.8) is 0 Å². The Labute approximate surface area is 554 Å². The summed E-state index contributed by atoms with van der Waals surface area (Å²) in [7, 11) is 0. The molecular formula is C68H84N12O16. The van der Waals surface area contributed by atoms with Crippen LogP contribution in [-0.4, -0.2) is 176 Å². The van der Waals surface area contributed by atoms with Gasteiger partial charge in [0.05, 0.1) is 19.6 Å². The van der Waals surface area contributed by atoms with Crippen molar-refractivity contribution in [1.29, 1.82) is 0 Å². The summed E-state index contributed by atoms with van der Waals surface area (Å²) in [5, 5.41) is 56.3. The Bertz CT molecular complexity index is 3670. The number of aromatic amines is 1. The summed E-state index contributed by atoms with van der Waals surface area (Å²) >= 11 is 0. The van der Waals surface area contributed by atoms with Gasteiger partial charge in [-0.25, -0.2) is 4.79 Å². The Kier molecular flexibility index (Phi) is 25.9. The van der Waals surface area contributed by atoms with E-state index in [1.165, 1.54) is 49.4 Å². The minimum atomic E-state index is -1.96. The standard InChI is InChI=1S/C68H84N12O16/c1-36(2)29-47-60(87)75-50(30-40-22-25-44(82)26-23-40)68(95)96-39(6)57(77-54(84)27-24-41-16-11-10-15-38(41)5)66(93)76-51(35-81)63(90)73-48(31-43-33-70-46-20-13-12-19-45(43)46)61(88)74-49(32-53(69)83)62(89)79-58(59(86)42-17-8-7-9-18-42)67(94)80-28-14-21-52(80)64(91)78-56(37(3)4)65(92)71-34-55(85)72-47/h7-13,15-20,22-27,33,36-37,39,47-52,56-59,70,81-82,86H,14,21,28-32,34-35H2,1-6H3,(H2,69,83)(H,71,92)(H,72,85)(H,73,90)(H,74,88)(H,75,87)(H,76,93)(H,77,84)(H,78,91)(H,79,89)/b27-24+/t39-,47-,48-,49-,50-,51+,52+,56-,57+,58+,59+/m1/s1. The summed E-state index contributed by atoms with van der Waals surface area (Å²) in [6.07, 6.45) is -0.740. The quantitative estimate of drug-likeness (QED) is 0.0481. The third-order valence-electron chi connectivity index (χ3n) is 16.4. The largest absolute Gasteiger partial charge is 0.508 e. The molecule has 96 heavy (non-hydrogen) atoms. The molecule has 11 amide bonds. The first-order valence-electron chi connectivity index (χ1n) is 31.6. The van der Waals surface area contributed by atoms with Crippen molar-refractivity contribution in [1.82, 2.24) is 57.7 Å². The number of primary amides is 1. The van der Waals surface area contributed by atoms with Crippen molar-refractivity contribution < 1.29 is 77.6 Å². The molecule has 0 spiro atoms. The van der Waals surface area contributed by atoms with Crippen LogP contribution in [0.3, 0.4) is 0 Å². The average molecular weight is 1330 g/mol. The van der Waals surface area contributed by atoms with Crippen molar-refractivity contribution in [3.05, 3.63) is 143 Å². The number of cyclic esters (lactones) is 1. The molecule has 0 saturated carbocycles. The van der Waals surface area contributed by atoms with Crippen molar-refractivity contribution >= 4 is 87.9 Å². The van der Waals surface area contributed by atoms with E-state index < -0.39 is 163 Å². The second-order valence-electron chi connectivity index (χ2n) is 24.6. The normalized spacial score (nSPS) is 24.0. The average Bonchev–Trinajstić information content (AvgIpc) is 1.49. The summed E-state index contributed by atoms with van der Waals surface area (Å²) in [5.74, 6) is -13.4. The lowest BCUT2D eigenvalue weighted by atomic mass is 9.99. The van der Waals surface area contributed by atoms with Crippen LogP contribution >= 0.6 is 0 Å². The molecule has 28 heteroatoms. The highest BCUT2D eigenvalue weighted by atomic mass is 16.5. The lowest BCUT2D eigenvalue weighted by Crippen LogP contribution is -2.62. The van der Waals surface area contributed by atoms with E-state index in [1.807, 2.05) is 0 Å². The van der Waals surface area contributed by atoms with Crippen LogP contribution in [0.5, 0.6) is 5.75 Å². The molecular weight excluding hydrogens is 1240 g/mol. The molecule has 4 aromatic carbocycles. The SMILES string of the molecule is Cc1ccccc1/C=C/C(=O)N[C@@H]1C(=O)N[C@@H](CO)C(=O)N[C@H](Cc2c[nH]c3ccccc23)C(=O)N[C@H](CC(N)=O)C(=O)N[C@@H]([C@@H](O)c2ccccc2)C(=O)N2CCC[C@H]2C(=O)N[C@H](C(C)C)C(=O)NCC(=O)N[C@H](CC(C)C)C(=O)N[C@H](Cc2ccc(O)cc2)C(=O)O[C@@H]1C. The van der Waals surface area contributed by atoms with Gasteiger partial charge >= 0.3 is 5.97 Å². The number of phenolic OH excluding ortho intramolecular Hbond substituents is 1. The third-order valence-corrected chi connectivity index (χ3v) is 16.4. The number of fused-ring (bicyclic) bond motifs is 2. The van der Waals surface area contributed by atoms with Gasteiger partial charge in [0, 0.05) is 42.6 Å². The highest BCUT2D eigenvalue weighted by Crippen LogP contribution is 2.26. The number of aliphatic hydroxyl groups excluding tert-OH is 2. The second kappa shape index (κ2) is 34.1. The smallest absolute Gasteiger partial charge is 0.329 e. The number of carbonyl (C=O) groups is 12. The van der Waals surface area contributed by atoms with Crippen molar-refractivity contribution in [2.24, 2.45) is 17.6 Å². The van der Waals surface area contributed by atoms with Crippen LogP contribution in [0.15, 0.2) is 115 Å². The number of rotatable bonds is 15. The fourth-order valence-electron chi connectivity index (χ4n) is 11.2. The van der Waals surface area contributed by atoms with E-state index in [2.05, 4.69) is 52.8 Å². The summed E-state index contributed by atoms with van der Waals surface area (Å²) in [6.45, 7) is 7.79. The highest BCUT2D eigenvalue weighted by Gasteiger charge is 2.44. The Morgan fingerprint density at radius 3 is 1.98 bits per heavy atom. The minimum absolute atomic E-state index is 0.0105. The Morgan fingerprint density at radius 1 is 0.688 bits per heavy atom. The summed E-state index contributed by atoms with van der Waals surface area (Å²) in [4.78, 5) is 176. The van der Waals surface area contributed by atoms with Gasteiger partial charge in [0.1, 0.15) is 72.3 Å². The van der Waals surface area contributed by atoms with E-state index >= 15 is 0 Å². The number of phenols is 1. The van der Waals surface area contributed by atoms with Gasteiger partial charge in [0.25, 0.3) is 0 Å².